The molecule has 0 aromatic rings. The third kappa shape index (κ3) is 10.7. The zero-order chi connectivity index (χ0) is 4.99. The van der Waals surface area contributed by atoms with Crippen molar-refractivity contribution in [2.24, 2.45) is 0 Å². The van der Waals surface area contributed by atoms with Gasteiger partial charge < -0.3 is 9.90 Å². The minimum absolute atomic E-state index is 0. The molecule has 0 atom stereocenters. The molecule has 3 heteroatoms. The van der Waals surface area contributed by atoms with Gasteiger partial charge in [0.25, 0.3) is 0 Å². The topological polar surface area (TPSA) is 40.1 Å². The normalized spacial score (nSPS) is 7.00. The molecule has 7 heavy (non-hydrogen) atoms. The Labute approximate surface area is 53.4 Å². The van der Waals surface area contributed by atoms with Crippen LogP contribution in [0.25, 0.3) is 0 Å². The zero-order valence-corrected chi connectivity index (χ0v) is 5.29. The largest absolute Gasteiger partial charge is 2.00 e. The van der Waals surface area contributed by atoms with Gasteiger partial charge in [-0.15, -0.1) is 0 Å². The Balaban J connectivity index is 0. The van der Waals surface area contributed by atoms with Crippen LogP contribution < -0.4 is 5.11 Å². The van der Waals surface area contributed by atoms with E-state index in [2.05, 4.69) is 0 Å². The van der Waals surface area contributed by atoms with Crippen molar-refractivity contribution in [1.82, 2.24) is 0 Å². The Morgan fingerprint density at radius 1 is 1.71 bits per heavy atom. The van der Waals surface area contributed by atoms with E-state index in [4.69, 9.17) is 0 Å². The second-order valence-corrected chi connectivity index (χ2v) is 1.12. The standard InChI is InChI=1S/C4H8O2.Mn/c1-2-3-4(5)6;/h2-3H2,1H3,(H,5,6);/q;+2/p-1. The van der Waals surface area contributed by atoms with Crippen LogP contribution in [0.15, 0.2) is 0 Å². The predicted molar refractivity (Wildman–Crippen MR) is 19.9 cm³/mol. The summed E-state index contributed by atoms with van der Waals surface area (Å²) in [6.45, 7) is 1.80. The van der Waals surface area contributed by atoms with Crippen molar-refractivity contribution in [3.8, 4) is 0 Å². The van der Waals surface area contributed by atoms with E-state index in [-0.39, 0.29) is 23.5 Å². The number of rotatable bonds is 2. The van der Waals surface area contributed by atoms with Gasteiger partial charge in [-0.25, -0.2) is 0 Å². The summed E-state index contributed by atoms with van der Waals surface area (Å²) in [7, 11) is 0. The molecule has 0 fully saturated rings. The van der Waals surface area contributed by atoms with Crippen LogP contribution in [0.2, 0.25) is 0 Å². The van der Waals surface area contributed by atoms with E-state index < -0.39 is 5.97 Å². The Morgan fingerprint density at radius 2 is 2.14 bits per heavy atom. The second kappa shape index (κ2) is 5.99. The summed E-state index contributed by atoms with van der Waals surface area (Å²) in [4.78, 5) is 9.49. The molecule has 0 aromatic heterocycles. The molecule has 0 rings (SSSR count). The number of carbonyl (C=O) groups excluding carboxylic acids is 1. The van der Waals surface area contributed by atoms with Gasteiger partial charge in [-0.3, -0.25) is 0 Å². The molecular formula is C4H7MnO2+. The summed E-state index contributed by atoms with van der Waals surface area (Å²) in [5.41, 5.74) is 0. The van der Waals surface area contributed by atoms with E-state index >= 15 is 0 Å². The van der Waals surface area contributed by atoms with Crippen molar-refractivity contribution in [1.29, 1.82) is 0 Å². The minimum atomic E-state index is -0.961. The molecule has 0 N–H and O–H groups in total. The van der Waals surface area contributed by atoms with Crippen molar-refractivity contribution < 1.29 is 27.0 Å². The first-order valence-electron chi connectivity index (χ1n) is 1.97. The first-order valence-corrected chi connectivity index (χ1v) is 1.97. The molecule has 0 aliphatic carbocycles. The van der Waals surface area contributed by atoms with Gasteiger partial charge in [-0.1, -0.05) is 13.3 Å². The summed E-state index contributed by atoms with van der Waals surface area (Å²) in [5.74, 6) is -0.961. The molecule has 0 amide bonds. The Hall–Kier alpha value is -0.0105. The second-order valence-electron chi connectivity index (χ2n) is 1.12. The SMILES string of the molecule is CCCC(=O)[O-].[Mn+2]. The number of aliphatic carboxylic acids is 1. The number of carboxylic acid groups (broad SMARTS) is 1. The molecule has 0 aliphatic rings. The average Bonchev–Trinajstić information content (AvgIpc) is 1.35. The van der Waals surface area contributed by atoms with Crippen LogP contribution in [0.3, 0.4) is 0 Å². The molecular weight excluding hydrogens is 135 g/mol. The van der Waals surface area contributed by atoms with Crippen LogP contribution in [0.1, 0.15) is 19.8 Å². The van der Waals surface area contributed by atoms with Crippen LogP contribution in [0.4, 0.5) is 0 Å². The maximum absolute atomic E-state index is 9.49. The van der Waals surface area contributed by atoms with E-state index in [1.807, 2.05) is 0 Å². The number of carbonyl (C=O) groups is 1. The summed E-state index contributed by atoms with van der Waals surface area (Å²) >= 11 is 0. The molecule has 0 aliphatic heterocycles. The van der Waals surface area contributed by atoms with Crippen molar-refractivity contribution in [3.05, 3.63) is 0 Å². The zero-order valence-electron chi connectivity index (χ0n) is 4.11. The van der Waals surface area contributed by atoms with E-state index in [0.29, 0.717) is 6.42 Å². The van der Waals surface area contributed by atoms with Gasteiger partial charge in [0.1, 0.15) is 0 Å². The molecule has 0 saturated carbocycles. The molecule has 0 spiro atoms. The Morgan fingerprint density at radius 3 is 2.14 bits per heavy atom. The van der Waals surface area contributed by atoms with Crippen LogP contribution in [0.5, 0.6) is 0 Å². The predicted octanol–water partition coefficient (Wildman–Crippen LogP) is -0.466. The van der Waals surface area contributed by atoms with Crippen LogP contribution in [0, 0.1) is 0 Å². The minimum Gasteiger partial charge on any atom is -0.550 e. The number of carboxylic acids is 1. The smallest absolute Gasteiger partial charge is 0.550 e. The van der Waals surface area contributed by atoms with Crippen LogP contribution >= 0.6 is 0 Å². The van der Waals surface area contributed by atoms with Gasteiger partial charge in [0.15, 0.2) is 0 Å². The van der Waals surface area contributed by atoms with Crippen LogP contribution in [-0.4, -0.2) is 5.97 Å². The molecule has 0 heterocycles. The molecule has 0 unspecified atom stereocenters. The van der Waals surface area contributed by atoms with Gasteiger partial charge in [0, 0.05) is 5.97 Å². The fourth-order valence-corrected chi connectivity index (χ4v) is 0.204. The first-order chi connectivity index (χ1) is 2.77. The van der Waals surface area contributed by atoms with E-state index in [9.17, 15) is 9.90 Å². The Bertz CT molecular complexity index is 53.7. The number of hydrogen-bond donors (Lipinski definition) is 0. The molecule has 1 radical (unpaired) electrons. The van der Waals surface area contributed by atoms with E-state index in [1.165, 1.54) is 0 Å². The summed E-state index contributed by atoms with van der Waals surface area (Å²) < 4.78 is 0. The third-order valence-electron chi connectivity index (χ3n) is 0.454. The van der Waals surface area contributed by atoms with Crippen molar-refractivity contribution in [2.75, 3.05) is 0 Å². The van der Waals surface area contributed by atoms with Crippen LogP contribution in [-0.2, 0) is 21.9 Å². The molecule has 2 nitrogen and oxygen atoms in total. The Kier molecular flexibility index (Phi) is 8.62. The summed E-state index contributed by atoms with van der Waals surface area (Å²) in [6, 6.07) is 0. The molecule has 41 valence electrons. The van der Waals surface area contributed by atoms with Gasteiger partial charge in [0.2, 0.25) is 0 Å². The fourth-order valence-electron chi connectivity index (χ4n) is 0.204. The molecule has 0 aromatic carbocycles. The van der Waals surface area contributed by atoms with Crippen molar-refractivity contribution in [3.63, 3.8) is 0 Å². The quantitative estimate of drug-likeness (QED) is 0.489. The van der Waals surface area contributed by atoms with Crippen molar-refractivity contribution >= 4 is 5.97 Å². The van der Waals surface area contributed by atoms with Gasteiger partial charge in [0.05, 0.1) is 0 Å². The summed E-state index contributed by atoms with van der Waals surface area (Å²) in [6.07, 6.45) is 0.850. The maximum atomic E-state index is 9.49. The van der Waals surface area contributed by atoms with Crippen molar-refractivity contribution in [2.45, 2.75) is 19.8 Å². The third-order valence-corrected chi connectivity index (χ3v) is 0.454. The monoisotopic (exact) mass is 142 g/mol. The van der Waals surface area contributed by atoms with Gasteiger partial charge in [-0.2, -0.15) is 0 Å². The van der Waals surface area contributed by atoms with E-state index in [1.54, 1.807) is 6.92 Å². The molecule has 0 bridgehead atoms. The summed E-state index contributed by atoms with van der Waals surface area (Å²) in [5, 5.41) is 9.49. The number of hydrogen-bond acceptors (Lipinski definition) is 2. The van der Waals surface area contributed by atoms with Gasteiger partial charge in [-0.05, 0) is 6.42 Å². The first kappa shape index (κ1) is 10.1. The fraction of sp³-hybridized carbons (Fsp3) is 0.750. The van der Waals surface area contributed by atoms with Gasteiger partial charge >= 0.3 is 17.1 Å². The molecule has 0 saturated heterocycles. The average molecular weight is 142 g/mol. The maximum Gasteiger partial charge on any atom is 2.00 e. The van der Waals surface area contributed by atoms with E-state index in [0.717, 1.165) is 0 Å².